The van der Waals surface area contributed by atoms with Crippen LogP contribution in [0.3, 0.4) is 0 Å². The summed E-state index contributed by atoms with van der Waals surface area (Å²) in [6, 6.07) is 0. The Morgan fingerprint density at radius 3 is 1.63 bits per heavy atom. The largest absolute Gasteiger partial charge is 0.353 e. The molecule has 0 fully saturated rings. The molecule has 0 aliphatic rings. The number of hydrogen-bond donors (Lipinski definition) is 3. The van der Waals surface area contributed by atoms with Crippen LogP contribution in [0, 0.1) is 0 Å². The highest BCUT2D eigenvalue weighted by Gasteiger charge is 2.09. The number of nitrogens with zero attached hydrogens (tertiary/aromatic N) is 5. The zero-order chi connectivity index (χ0) is 22.4. The number of hydrogen-bond acceptors (Lipinski definition) is 9. The molecule has 0 aliphatic heterocycles. The Bertz CT molecular complexity index is 658. The van der Waals surface area contributed by atoms with Crippen molar-refractivity contribution >= 4 is 21.9 Å². The zero-order valence-corrected chi connectivity index (χ0v) is 20.1. The third kappa shape index (κ3) is 11.6. The predicted octanol–water partition coefficient (Wildman–Crippen LogP) is 0.861. The second-order valence-corrected chi connectivity index (χ2v) is 8.91. The lowest BCUT2D eigenvalue weighted by Crippen LogP contribution is -2.30. The van der Waals surface area contributed by atoms with Gasteiger partial charge in [0, 0.05) is 39.1 Å². The summed E-state index contributed by atoms with van der Waals surface area (Å²) in [6.45, 7) is 16.3. The Kier molecular flexibility index (Phi) is 12.7. The summed E-state index contributed by atoms with van der Waals surface area (Å²) >= 11 is 0. The molecule has 1 aromatic heterocycles. The summed E-state index contributed by atoms with van der Waals surface area (Å²) < 4.78 is 24.9. The van der Waals surface area contributed by atoms with Crippen LogP contribution in [-0.2, 0) is 16.4 Å². The first-order valence-corrected chi connectivity index (χ1v) is 12.8. The van der Waals surface area contributed by atoms with Gasteiger partial charge in [0.2, 0.25) is 21.9 Å². The van der Waals surface area contributed by atoms with E-state index in [4.69, 9.17) is 0 Å². The molecule has 0 aromatic carbocycles. The third-order valence-electron chi connectivity index (χ3n) is 4.83. The van der Waals surface area contributed by atoms with Crippen LogP contribution < -0.4 is 15.4 Å². The summed E-state index contributed by atoms with van der Waals surface area (Å²) in [7, 11) is -3.18. The van der Waals surface area contributed by atoms with Gasteiger partial charge in [-0.1, -0.05) is 27.7 Å². The first kappa shape index (κ1) is 26.5. The maximum atomic E-state index is 11.2. The van der Waals surface area contributed by atoms with Crippen LogP contribution >= 0.6 is 0 Å². The lowest BCUT2D eigenvalue weighted by molar-refractivity contribution is 0.315. The number of aryl methyl sites for hydroxylation is 1. The van der Waals surface area contributed by atoms with Gasteiger partial charge in [-0.2, -0.15) is 15.0 Å². The lowest BCUT2D eigenvalue weighted by atomic mass is 10.3. The van der Waals surface area contributed by atoms with Crippen LogP contribution in [-0.4, -0.2) is 98.3 Å². The normalized spacial score (nSPS) is 12.0. The number of anilines is 2. The van der Waals surface area contributed by atoms with Crippen molar-refractivity contribution in [2.24, 2.45) is 0 Å². The Labute approximate surface area is 182 Å². The average molecular weight is 445 g/mol. The molecule has 3 N–H and O–H groups in total. The van der Waals surface area contributed by atoms with E-state index in [0.29, 0.717) is 37.1 Å². The fraction of sp³-hybridized carbons (Fsp3) is 0.842. The van der Waals surface area contributed by atoms with E-state index in [0.717, 1.165) is 58.6 Å². The quantitative estimate of drug-likeness (QED) is 0.301. The predicted molar refractivity (Wildman–Crippen MR) is 124 cm³/mol. The van der Waals surface area contributed by atoms with Gasteiger partial charge in [-0.3, -0.25) is 0 Å². The second kappa shape index (κ2) is 14.4. The van der Waals surface area contributed by atoms with Gasteiger partial charge in [-0.15, -0.1) is 0 Å². The van der Waals surface area contributed by atoms with E-state index >= 15 is 0 Å². The molecule has 0 unspecified atom stereocenters. The van der Waals surface area contributed by atoms with E-state index < -0.39 is 10.0 Å². The van der Waals surface area contributed by atoms with E-state index in [2.05, 4.69) is 67.8 Å². The summed E-state index contributed by atoms with van der Waals surface area (Å²) in [5, 5.41) is 6.59. The van der Waals surface area contributed by atoms with Crippen LogP contribution in [0.1, 0.15) is 39.9 Å². The Hall–Kier alpha value is -1.56. The van der Waals surface area contributed by atoms with Crippen molar-refractivity contribution in [3.63, 3.8) is 0 Å². The molecule has 0 radical (unpaired) electrons. The van der Waals surface area contributed by atoms with Crippen molar-refractivity contribution in [2.75, 3.05) is 75.8 Å². The minimum Gasteiger partial charge on any atom is -0.353 e. The summed E-state index contributed by atoms with van der Waals surface area (Å²) in [5.74, 6) is 1.75. The van der Waals surface area contributed by atoms with Gasteiger partial charge in [0.05, 0.1) is 6.26 Å². The number of nitrogens with one attached hydrogen (secondary N) is 3. The highest BCUT2D eigenvalue weighted by molar-refractivity contribution is 7.88. The number of aromatic nitrogens is 3. The van der Waals surface area contributed by atoms with Gasteiger partial charge in [0.25, 0.3) is 0 Å². The van der Waals surface area contributed by atoms with Gasteiger partial charge in [-0.05, 0) is 32.6 Å². The van der Waals surface area contributed by atoms with Gasteiger partial charge in [0.1, 0.15) is 5.82 Å². The number of sulfonamides is 1. The minimum atomic E-state index is -3.18. The molecule has 0 atom stereocenters. The number of rotatable bonds is 17. The lowest BCUT2D eigenvalue weighted by Gasteiger charge is -2.19. The summed E-state index contributed by atoms with van der Waals surface area (Å²) in [5.41, 5.74) is 0. The Morgan fingerprint density at radius 1 is 0.767 bits per heavy atom. The van der Waals surface area contributed by atoms with E-state index in [9.17, 15) is 8.42 Å². The maximum Gasteiger partial charge on any atom is 0.227 e. The molecule has 0 amide bonds. The third-order valence-corrected chi connectivity index (χ3v) is 5.56. The SMILES string of the molecule is CCN(CC)CCNc1nc(CCCNS(C)(=O)=O)nc(NCCN(CC)CC)n1. The summed E-state index contributed by atoms with van der Waals surface area (Å²) in [4.78, 5) is 18.2. The molecular weight excluding hydrogens is 404 g/mol. The molecule has 0 aliphatic carbocycles. The van der Waals surface area contributed by atoms with Gasteiger partial charge in [-0.25, -0.2) is 13.1 Å². The highest BCUT2D eigenvalue weighted by Crippen LogP contribution is 2.07. The van der Waals surface area contributed by atoms with Crippen molar-refractivity contribution in [1.82, 2.24) is 29.5 Å². The molecule has 0 saturated heterocycles. The molecule has 1 heterocycles. The van der Waals surface area contributed by atoms with Crippen molar-refractivity contribution < 1.29 is 8.42 Å². The smallest absolute Gasteiger partial charge is 0.227 e. The van der Waals surface area contributed by atoms with E-state index in [-0.39, 0.29) is 0 Å². The average Bonchev–Trinajstić information content (AvgIpc) is 2.71. The fourth-order valence-corrected chi connectivity index (χ4v) is 3.44. The van der Waals surface area contributed by atoms with Crippen LogP contribution in [0.15, 0.2) is 0 Å². The van der Waals surface area contributed by atoms with E-state index in [1.54, 1.807) is 0 Å². The van der Waals surface area contributed by atoms with Crippen molar-refractivity contribution in [3.05, 3.63) is 5.82 Å². The summed E-state index contributed by atoms with van der Waals surface area (Å²) in [6.07, 6.45) is 2.35. The Balaban J connectivity index is 2.73. The zero-order valence-electron chi connectivity index (χ0n) is 19.2. The molecule has 1 aromatic rings. The van der Waals surface area contributed by atoms with Crippen molar-refractivity contribution in [2.45, 2.75) is 40.5 Å². The van der Waals surface area contributed by atoms with Crippen LogP contribution in [0.25, 0.3) is 0 Å². The van der Waals surface area contributed by atoms with E-state index in [1.165, 1.54) is 0 Å². The van der Waals surface area contributed by atoms with Crippen LogP contribution in [0.5, 0.6) is 0 Å². The van der Waals surface area contributed by atoms with Gasteiger partial charge >= 0.3 is 0 Å². The second-order valence-electron chi connectivity index (χ2n) is 7.08. The maximum absolute atomic E-state index is 11.2. The van der Waals surface area contributed by atoms with Gasteiger partial charge in [0.15, 0.2) is 0 Å². The minimum absolute atomic E-state index is 0.361. The van der Waals surface area contributed by atoms with Crippen molar-refractivity contribution in [3.8, 4) is 0 Å². The molecule has 174 valence electrons. The van der Waals surface area contributed by atoms with E-state index in [1.807, 2.05) is 0 Å². The molecule has 0 saturated carbocycles. The topological polar surface area (TPSA) is 115 Å². The molecule has 11 heteroatoms. The molecule has 30 heavy (non-hydrogen) atoms. The molecule has 0 bridgehead atoms. The number of likely N-dealkylation sites (N-methyl/N-ethyl adjacent to an activating group) is 2. The molecule has 10 nitrogen and oxygen atoms in total. The van der Waals surface area contributed by atoms with Crippen molar-refractivity contribution in [1.29, 1.82) is 0 Å². The molecule has 1 rings (SSSR count). The standard InChI is InChI=1S/C19H40N8O2S/c1-6-26(7-2)15-13-20-18-23-17(11-10-12-22-30(5,28)29)24-19(25-18)21-14-16-27(8-3)9-4/h22H,6-16H2,1-5H3,(H2,20,21,23,24,25). The first-order valence-electron chi connectivity index (χ1n) is 10.9. The fourth-order valence-electron chi connectivity index (χ4n) is 2.93. The monoisotopic (exact) mass is 444 g/mol. The molecule has 0 spiro atoms. The van der Waals surface area contributed by atoms with Crippen LogP contribution in [0.2, 0.25) is 0 Å². The van der Waals surface area contributed by atoms with Gasteiger partial charge < -0.3 is 20.4 Å². The first-order chi connectivity index (χ1) is 14.3. The highest BCUT2D eigenvalue weighted by atomic mass is 32.2. The Morgan fingerprint density at radius 2 is 1.23 bits per heavy atom. The van der Waals surface area contributed by atoms with Crippen LogP contribution in [0.4, 0.5) is 11.9 Å². The molecular formula is C19H40N8O2S.